The fourth-order valence-electron chi connectivity index (χ4n) is 2.13. The lowest BCUT2D eigenvalue weighted by Gasteiger charge is -2.34. The Morgan fingerprint density at radius 2 is 2.40 bits per heavy atom. The number of hydrogen-bond donors (Lipinski definition) is 1. The van der Waals surface area contributed by atoms with Crippen molar-refractivity contribution in [3.8, 4) is 5.75 Å². The molecule has 0 saturated carbocycles. The average molecular weight is 364 g/mol. The van der Waals surface area contributed by atoms with E-state index in [1.54, 1.807) is 0 Å². The van der Waals surface area contributed by atoms with Crippen LogP contribution in [0.5, 0.6) is 5.75 Å². The van der Waals surface area contributed by atoms with Gasteiger partial charge in [0.15, 0.2) is 0 Å². The third-order valence-electron chi connectivity index (χ3n) is 3.32. The maximum atomic E-state index is 5.90. The Morgan fingerprint density at radius 3 is 3.10 bits per heavy atom. The molecule has 1 aliphatic rings. The Kier molecular flexibility index (Phi) is 6.11. The quantitative estimate of drug-likeness (QED) is 0.873. The summed E-state index contributed by atoms with van der Waals surface area (Å²) in [5, 5.41) is 0.692. The van der Waals surface area contributed by atoms with Crippen molar-refractivity contribution in [1.82, 2.24) is 4.90 Å². The van der Waals surface area contributed by atoms with E-state index in [1.807, 2.05) is 25.1 Å². The van der Waals surface area contributed by atoms with E-state index in [2.05, 4.69) is 20.8 Å². The summed E-state index contributed by atoms with van der Waals surface area (Å²) in [4.78, 5) is 2.32. The zero-order chi connectivity index (χ0) is 14.5. The number of nitrogens with zero attached hydrogens (tertiary/aromatic N) is 1. The molecule has 1 aromatic rings. The normalized spacial score (nSPS) is 21.7. The second-order valence-corrected chi connectivity index (χ2v) is 6.28. The van der Waals surface area contributed by atoms with Gasteiger partial charge in [0.1, 0.15) is 12.4 Å². The van der Waals surface area contributed by atoms with Crippen molar-refractivity contribution in [1.29, 1.82) is 0 Å². The molecule has 1 heterocycles. The SMILES string of the molecule is CC(N)C1CN(CCOc2ccc(Cl)cc2Br)CCO1. The molecule has 2 rings (SSSR count). The van der Waals surface area contributed by atoms with Crippen molar-refractivity contribution in [2.24, 2.45) is 5.73 Å². The van der Waals surface area contributed by atoms with E-state index in [4.69, 9.17) is 26.8 Å². The van der Waals surface area contributed by atoms with Crippen molar-refractivity contribution in [3.05, 3.63) is 27.7 Å². The lowest BCUT2D eigenvalue weighted by molar-refractivity contribution is -0.0402. The van der Waals surface area contributed by atoms with Crippen molar-refractivity contribution in [2.45, 2.75) is 19.1 Å². The largest absolute Gasteiger partial charge is 0.491 e. The smallest absolute Gasteiger partial charge is 0.133 e. The molecule has 0 amide bonds. The van der Waals surface area contributed by atoms with E-state index in [-0.39, 0.29) is 12.1 Å². The van der Waals surface area contributed by atoms with Crippen LogP contribution in [0.4, 0.5) is 0 Å². The van der Waals surface area contributed by atoms with Gasteiger partial charge in [-0.15, -0.1) is 0 Å². The maximum absolute atomic E-state index is 5.90. The van der Waals surface area contributed by atoms with Gasteiger partial charge in [0.2, 0.25) is 0 Å². The Morgan fingerprint density at radius 1 is 1.60 bits per heavy atom. The van der Waals surface area contributed by atoms with Gasteiger partial charge in [-0.05, 0) is 41.1 Å². The summed E-state index contributed by atoms with van der Waals surface area (Å²) in [5.41, 5.74) is 5.88. The summed E-state index contributed by atoms with van der Waals surface area (Å²) in [6.45, 7) is 6.00. The molecule has 2 N–H and O–H groups in total. The summed E-state index contributed by atoms with van der Waals surface area (Å²) < 4.78 is 12.3. The van der Waals surface area contributed by atoms with Gasteiger partial charge in [-0.1, -0.05) is 11.6 Å². The van der Waals surface area contributed by atoms with Gasteiger partial charge in [-0.2, -0.15) is 0 Å². The van der Waals surface area contributed by atoms with Crippen LogP contribution in [0.2, 0.25) is 5.02 Å². The molecule has 1 fully saturated rings. The van der Waals surface area contributed by atoms with Crippen molar-refractivity contribution >= 4 is 27.5 Å². The fourth-order valence-corrected chi connectivity index (χ4v) is 2.93. The molecular formula is C14H20BrClN2O2. The Labute approximate surface area is 133 Å². The van der Waals surface area contributed by atoms with Crippen molar-refractivity contribution in [3.63, 3.8) is 0 Å². The van der Waals surface area contributed by atoms with Crippen LogP contribution in [0.25, 0.3) is 0 Å². The second kappa shape index (κ2) is 7.61. The first kappa shape index (κ1) is 16.0. The van der Waals surface area contributed by atoms with E-state index in [0.717, 1.165) is 36.5 Å². The van der Waals surface area contributed by atoms with E-state index in [9.17, 15) is 0 Å². The van der Waals surface area contributed by atoms with Gasteiger partial charge in [-0.3, -0.25) is 4.90 Å². The number of hydrogen-bond acceptors (Lipinski definition) is 4. The standard InChI is InChI=1S/C14H20BrClN2O2/c1-10(17)14-9-18(5-7-20-14)4-6-19-13-3-2-11(16)8-12(13)15/h2-3,8,10,14H,4-7,9,17H2,1H3. The lowest BCUT2D eigenvalue weighted by atomic mass is 10.1. The minimum absolute atomic E-state index is 0.0594. The second-order valence-electron chi connectivity index (χ2n) is 4.99. The van der Waals surface area contributed by atoms with E-state index < -0.39 is 0 Å². The molecule has 1 aliphatic heterocycles. The number of rotatable bonds is 5. The first-order chi connectivity index (χ1) is 9.56. The highest BCUT2D eigenvalue weighted by Gasteiger charge is 2.23. The molecule has 0 radical (unpaired) electrons. The van der Waals surface area contributed by atoms with Crippen LogP contribution in [0.15, 0.2) is 22.7 Å². The molecule has 2 unspecified atom stereocenters. The molecule has 20 heavy (non-hydrogen) atoms. The van der Waals surface area contributed by atoms with Crippen LogP contribution in [0, 0.1) is 0 Å². The molecule has 0 aliphatic carbocycles. The molecular weight excluding hydrogens is 344 g/mol. The van der Waals surface area contributed by atoms with Gasteiger partial charge in [0, 0.05) is 30.7 Å². The van der Waals surface area contributed by atoms with E-state index in [0.29, 0.717) is 11.6 Å². The molecule has 4 nitrogen and oxygen atoms in total. The number of morpholine rings is 1. The molecule has 112 valence electrons. The van der Waals surface area contributed by atoms with Crippen molar-refractivity contribution in [2.75, 3.05) is 32.8 Å². The number of benzene rings is 1. The molecule has 0 bridgehead atoms. The van der Waals surface area contributed by atoms with E-state index in [1.165, 1.54) is 0 Å². The van der Waals surface area contributed by atoms with E-state index >= 15 is 0 Å². The number of halogens is 2. The average Bonchev–Trinajstić information content (AvgIpc) is 2.41. The first-order valence-corrected chi connectivity index (χ1v) is 7.91. The predicted octanol–water partition coefficient (Wildman–Crippen LogP) is 2.53. The summed E-state index contributed by atoms with van der Waals surface area (Å²) in [5.74, 6) is 0.811. The molecule has 2 atom stereocenters. The van der Waals surface area contributed by atoms with Crippen LogP contribution in [0.3, 0.4) is 0 Å². The van der Waals surface area contributed by atoms with Gasteiger partial charge < -0.3 is 15.2 Å². The molecule has 0 spiro atoms. The van der Waals surface area contributed by atoms with Gasteiger partial charge in [0.05, 0.1) is 17.2 Å². The summed E-state index contributed by atoms with van der Waals surface area (Å²) >= 11 is 9.34. The number of nitrogens with two attached hydrogens (primary N) is 1. The highest BCUT2D eigenvalue weighted by molar-refractivity contribution is 9.10. The lowest BCUT2D eigenvalue weighted by Crippen LogP contribution is -2.50. The zero-order valence-corrected chi connectivity index (χ0v) is 13.9. The van der Waals surface area contributed by atoms with Crippen LogP contribution in [-0.2, 0) is 4.74 Å². The van der Waals surface area contributed by atoms with Crippen molar-refractivity contribution < 1.29 is 9.47 Å². The molecule has 0 aromatic heterocycles. The summed E-state index contributed by atoms with van der Waals surface area (Å²) in [6, 6.07) is 5.58. The topological polar surface area (TPSA) is 47.7 Å². The highest BCUT2D eigenvalue weighted by Crippen LogP contribution is 2.27. The Bertz CT molecular complexity index is 445. The molecule has 1 aromatic carbocycles. The molecule has 6 heteroatoms. The fraction of sp³-hybridized carbons (Fsp3) is 0.571. The zero-order valence-electron chi connectivity index (χ0n) is 11.5. The first-order valence-electron chi connectivity index (χ1n) is 6.73. The van der Waals surface area contributed by atoms with Gasteiger partial charge >= 0.3 is 0 Å². The third-order valence-corrected chi connectivity index (χ3v) is 4.18. The van der Waals surface area contributed by atoms with Crippen LogP contribution in [-0.4, -0.2) is 49.9 Å². The maximum Gasteiger partial charge on any atom is 0.133 e. The predicted molar refractivity (Wildman–Crippen MR) is 84.5 cm³/mol. The minimum Gasteiger partial charge on any atom is -0.491 e. The van der Waals surface area contributed by atoms with Gasteiger partial charge in [-0.25, -0.2) is 0 Å². The number of ether oxygens (including phenoxy) is 2. The Balaban J connectivity index is 1.78. The minimum atomic E-state index is 0.0594. The monoisotopic (exact) mass is 362 g/mol. The van der Waals surface area contributed by atoms with Crippen LogP contribution < -0.4 is 10.5 Å². The molecule has 1 saturated heterocycles. The third kappa shape index (κ3) is 4.60. The highest BCUT2D eigenvalue weighted by atomic mass is 79.9. The Hall–Kier alpha value is -0.330. The summed E-state index contributed by atoms with van der Waals surface area (Å²) in [7, 11) is 0. The van der Waals surface area contributed by atoms with Crippen LogP contribution in [0.1, 0.15) is 6.92 Å². The van der Waals surface area contributed by atoms with Crippen LogP contribution >= 0.6 is 27.5 Å². The van der Waals surface area contributed by atoms with Gasteiger partial charge in [0.25, 0.3) is 0 Å². The summed E-state index contributed by atoms with van der Waals surface area (Å²) in [6.07, 6.45) is 0.117.